The number of benzene rings is 2. The van der Waals surface area contributed by atoms with E-state index in [1.54, 1.807) is 12.1 Å². The molecule has 0 aliphatic heterocycles. The van der Waals surface area contributed by atoms with Crippen molar-refractivity contribution < 1.29 is 22.7 Å². The van der Waals surface area contributed by atoms with Gasteiger partial charge in [-0.05, 0) is 36.8 Å². The molecule has 138 valence electrons. The van der Waals surface area contributed by atoms with Gasteiger partial charge in [0.1, 0.15) is 0 Å². The van der Waals surface area contributed by atoms with E-state index in [1.165, 1.54) is 38.4 Å². The molecule has 2 rings (SSSR count). The Bertz CT molecular complexity index is 923. The van der Waals surface area contributed by atoms with Gasteiger partial charge >= 0.3 is 5.97 Å². The highest BCUT2D eigenvalue weighted by atomic mass is 32.2. The van der Waals surface area contributed by atoms with Gasteiger partial charge in [0.2, 0.25) is 10.0 Å². The number of sulfonamides is 1. The van der Waals surface area contributed by atoms with Gasteiger partial charge in [-0.15, -0.1) is 0 Å². The smallest absolute Gasteiger partial charge is 0.338 e. The quantitative estimate of drug-likeness (QED) is 0.779. The maximum Gasteiger partial charge on any atom is 0.338 e. The first kappa shape index (κ1) is 19.6. The number of amides is 1. The van der Waals surface area contributed by atoms with Crippen LogP contribution in [-0.2, 0) is 19.6 Å². The van der Waals surface area contributed by atoms with Crippen molar-refractivity contribution >= 4 is 27.6 Å². The van der Waals surface area contributed by atoms with Crippen LogP contribution in [0, 0.1) is 6.92 Å². The Labute approximate surface area is 152 Å². The lowest BCUT2D eigenvalue weighted by Crippen LogP contribution is -2.23. The van der Waals surface area contributed by atoms with E-state index >= 15 is 0 Å². The van der Waals surface area contributed by atoms with Crippen LogP contribution in [0.25, 0.3) is 0 Å². The van der Waals surface area contributed by atoms with Gasteiger partial charge in [-0.3, -0.25) is 4.79 Å². The Hall–Kier alpha value is -2.71. The zero-order chi connectivity index (χ0) is 19.3. The van der Waals surface area contributed by atoms with Gasteiger partial charge in [-0.2, -0.15) is 0 Å². The molecule has 7 nitrogen and oxygen atoms in total. The monoisotopic (exact) mass is 376 g/mol. The van der Waals surface area contributed by atoms with Crippen molar-refractivity contribution in [2.45, 2.75) is 11.8 Å². The lowest BCUT2D eigenvalue weighted by atomic mass is 10.2. The third-order valence-corrected chi connectivity index (χ3v) is 5.41. The molecule has 0 saturated carbocycles. The molecule has 0 aromatic heterocycles. The fourth-order valence-corrected chi connectivity index (χ4v) is 3.06. The van der Waals surface area contributed by atoms with Crippen molar-refractivity contribution in [1.82, 2.24) is 4.31 Å². The number of esters is 1. The number of nitrogens with one attached hydrogen (secondary N) is 1. The summed E-state index contributed by atoms with van der Waals surface area (Å²) in [5.41, 5.74) is 1.57. The average Bonchev–Trinajstić information content (AvgIpc) is 2.61. The first-order chi connectivity index (χ1) is 12.2. The molecule has 2 aromatic rings. The summed E-state index contributed by atoms with van der Waals surface area (Å²) < 4.78 is 30.3. The molecule has 0 spiro atoms. The molecule has 0 unspecified atom stereocenters. The molecule has 0 heterocycles. The van der Waals surface area contributed by atoms with Gasteiger partial charge in [0.15, 0.2) is 6.61 Å². The Kier molecular flexibility index (Phi) is 6.12. The van der Waals surface area contributed by atoms with Crippen LogP contribution in [0.15, 0.2) is 53.4 Å². The van der Waals surface area contributed by atoms with Crippen LogP contribution >= 0.6 is 0 Å². The molecule has 0 radical (unpaired) electrons. The average molecular weight is 376 g/mol. The van der Waals surface area contributed by atoms with Crippen molar-refractivity contribution in [3.63, 3.8) is 0 Å². The highest BCUT2D eigenvalue weighted by Crippen LogP contribution is 2.16. The second-order valence-electron chi connectivity index (χ2n) is 5.75. The summed E-state index contributed by atoms with van der Waals surface area (Å²) in [7, 11) is -0.865. The number of carbonyl (C=O) groups is 2. The van der Waals surface area contributed by atoms with Crippen LogP contribution in [0.5, 0.6) is 0 Å². The minimum absolute atomic E-state index is 0.0266. The number of hydrogen-bond acceptors (Lipinski definition) is 5. The standard InChI is InChI=1S/C18H20N2O5S/c1-13-7-4-5-10-16(13)19-17(21)12-25-18(22)14-8-6-9-15(11-14)26(23,24)20(2)3/h4-11H,12H2,1-3H3,(H,19,21). The molecular formula is C18H20N2O5S. The van der Waals surface area contributed by atoms with E-state index in [9.17, 15) is 18.0 Å². The predicted molar refractivity (Wildman–Crippen MR) is 97.4 cm³/mol. The molecule has 0 atom stereocenters. The summed E-state index contributed by atoms with van der Waals surface area (Å²) in [5.74, 6) is -1.26. The number of rotatable bonds is 6. The molecule has 8 heteroatoms. The lowest BCUT2D eigenvalue weighted by molar-refractivity contribution is -0.119. The van der Waals surface area contributed by atoms with Crippen molar-refractivity contribution in [2.24, 2.45) is 0 Å². The number of aryl methyl sites for hydroxylation is 1. The largest absolute Gasteiger partial charge is 0.452 e. The summed E-state index contributed by atoms with van der Waals surface area (Å²) >= 11 is 0. The number of hydrogen-bond donors (Lipinski definition) is 1. The zero-order valence-corrected chi connectivity index (χ0v) is 15.5. The minimum Gasteiger partial charge on any atom is -0.452 e. The number of para-hydroxylation sites is 1. The maximum absolute atomic E-state index is 12.1. The summed E-state index contributed by atoms with van der Waals surface area (Å²) in [6.45, 7) is 1.37. The maximum atomic E-state index is 12.1. The molecule has 0 aliphatic rings. The lowest BCUT2D eigenvalue weighted by Gasteiger charge is -2.12. The summed E-state index contributed by atoms with van der Waals surface area (Å²) in [6.07, 6.45) is 0. The second-order valence-corrected chi connectivity index (χ2v) is 7.91. The van der Waals surface area contributed by atoms with E-state index in [1.807, 2.05) is 19.1 Å². The van der Waals surface area contributed by atoms with Gasteiger partial charge in [-0.1, -0.05) is 24.3 Å². The van der Waals surface area contributed by atoms with E-state index in [2.05, 4.69) is 5.32 Å². The van der Waals surface area contributed by atoms with E-state index in [-0.39, 0.29) is 10.5 Å². The molecule has 0 aliphatic carbocycles. The van der Waals surface area contributed by atoms with E-state index < -0.39 is 28.5 Å². The Balaban J connectivity index is 2.02. The van der Waals surface area contributed by atoms with Crippen LogP contribution in [0.3, 0.4) is 0 Å². The minimum atomic E-state index is -3.66. The fourth-order valence-electron chi connectivity index (χ4n) is 2.11. The molecule has 0 bridgehead atoms. The summed E-state index contributed by atoms with van der Waals surface area (Å²) in [5, 5.41) is 2.65. The molecular weight excluding hydrogens is 356 g/mol. The molecule has 0 saturated heterocycles. The highest BCUT2D eigenvalue weighted by Gasteiger charge is 2.19. The SMILES string of the molecule is Cc1ccccc1NC(=O)COC(=O)c1cccc(S(=O)(=O)N(C)C)c1. The van der Waals surface area contributed by atoms with Crippen LogP contribution < -0.4 is 5.32 Å². The van der Waals surface area contributed by atoms with Crippen LogP contribution in [0.4, 0.5) is 5.69 Å². The van der Waals surface area contributed by atoms with Gasteiger partial charge in [0.05, 0.1) is 10.5 Å². The van der Waals surface area contributed by atoms with Gasteiger partial charge < -0.3 is 10.1 Å². The van der Waals surface area contributed by atoms with Crippen molar-refractivity contribution in [3.05, 3.63) is 59.7 Å². The van der Waals surface area contributed by atoms with Gasteiger partial charge in [0, 0.05) is 19.8 Å². The van der Waals surface area contributed by atoms with Gasteiger partial charge in [-0.25, -0.2) is 17.5 Å². The van der Waals surface area contributed by atoms with Crippen molar-refractivity contribution in [1.29, 1.82) is 0 Å². The molecule has 1 amide bonds. The van der Waals surface area contributed by atoms with E-state index in [0.717, 1.165) is 9.87 Å². The first-order valence-electron chi connectivity index (χ1n) is 7.77. The number of carbonyl (C=O) groups excluding carboxylic acids is 2. The normalized spacial score (nSPS) is 11.2. The fraction of sp³-hybridized carbons (Fsp3) is 0.222. The first-order valence-corrected chi connectivity index (χ1v) is 9.21. The Morgan fingerprint density at radius 2 is 1.77 bits per heavy atom. The number of nitrogens with zero attached hydrogens (tertiary/aromatic N) is 1. The highest BCUT2D eigenvalue weighted by molar-refractivity contribution is 7.89. The van der Waals surface area contributed by atoms with Crippen LogP contribution in [-0.4, -0.2) is 45.3 Å². The number of ether oxygens (including phenoxy) is 1. The molecule has 2 aromatic carbocycles. The van der Waals surface area contributed by atoms with Crippen LogP contribution in [0.1, 0.15) is 15.9 Å². The Morgan fingerprint density at radius 1 is 1.08 bits per heavy atom. The Morgan fingerprint density at radius 3 is 2.42 bits per heavy atom. The van der Waals surface area contributed by atoms with Crippen molar-refractivity contribution in [2.75, 3.05) is 26.0 Å². The van der Waals surface area contributed by atoms with E-state index in [4.69, 9.17) is 4.74 Å². The third-order valence-electron chi connectivity index (χ3n) is 3.60. The zero-order valence-electron chi connectivity index (χ0n) is 14.7. The number of anilines is 1. The summed E-state index contributed by atoms with van der Waals surface area (Å²) in [6, 6.07) is 12.7. The molecule has 0 fully saturated rings. The second kappa shape index (κ2) is 8.11. The predicted octanol–water partition coefficient (Wildman–Crippen LogP) is 2.04. The molecule has 1 N–H and O–H groups in total. The van der Waals surface area contributed by atoms with Crippen LogP contribution in [0.2, 0.25) is 0 Å². The van der Waals surface area contributed by atoms with E-state index in [0.29, 0.717) is 5.69 Å². The topological polar surface area (TPSA) is 92.8 Å². The molecule has 26 heavy (non-hydrogen) atoms. The van der Waals surface area contributed by atoms with Gasteiger partial charge in [0.25, 0.3) is 5.91 Å². The third kappa shape index (κ3) is 4.68. The van der Waals surface area contributed by atoms with Crippen molar-refractivity contribution in [3.8, 4) is 0 Å². The summed E-state index contributed by atoms with van der Waals surface area (Å²) in [4.78, 5) is 24.0.